The van der Waals surface area contributed by atoms with Crippen molar-refractivity contribution in [3.63, 3.8) is 0 Å². The van der Waals surface area contributed by atoms with Gasteiger partial charge < -0.3 is 20.3 Å². The van der Waals surface area contributed by atoms with Crippen LogP contribution in [0, 0.1) is 0 Å². The number of benzene rings is 1. The van der Waals surface area contributed by atoms with Crippen molar-refractivity contribution in [2.75, 3.05) is 14.2 Å². The third kappa shape index (κ3) is 2.79. The van der Waals surface area contributed by atoms with Gasteiger partial charge in [-0.1, -0.05) is 0 Å². The molecule has 0 spiro atoms. The van der Waals surface area contributed by atoms with Crippen molar-refractivity contribution in [1.29, 1.82) is 0 Å². The maximum absolute atomic E-state index is 10.6. The van der Waals surface area contributed by atoms with Crippen molar-refractivity contribution in [2.45, 2.75) is 12.8 Å². The van der Waals surface area contributed by atoms with Gasteiger partial charge in [0.25, 0.3) is 0 Å². The van der Waals surface area contributed by atoms with Gasteiger partial charge in [-0.15, -0.1) is 0 Å². The fourth-order valence-electron chi connectivity index (χ4n) is 1.41. The van der Waals surface area contributed by atoms with Crippen molar-refractivity contribution in [2.24, 2.45) is 5.73 Å². The van der Waals surface area contributed by atoms with Crippen LogP contribution in [-0.2, 0) is 11.2 Å². The first-order valence-electron chi connectivity index (χ1n) is 4.80. The van der Waals surface area contributed by atoms with Crippen LogP contribution in [0.5, 0.6) is 17.2 Å². The molecule has 1 rings (SSSR count). The molecule has 0 saturated carbocycles. The Morgan fingerprint density at radius 3 is 2.56 bits per heavy atom. The highest BCUT2D eigenvalue weighted by molar-refractivity contribution is 5.74. The summed E-state index contributed by atoms with van der Waals surface area (Å²) in [4.78, 5) is 10.6. The maximum Gasteiger partial charge on any atom is 0.217 e. The van der Waals surface area contributed by atoms with Crippen molar-refractivity contribution in [3.05, 3.63) is 17.7 Å². The number of carbonyl (C=O) groups excluding carboxylic acids is 1. The van der Waals surface area contributed by atoms with Crippen LogP contribution < -0.4 is 15.2 Å². The topological polar surface area (TPSA) is 81.8 Å². The SMILES string of the molecule is COc1cc(CCC(N)=O)cc(O)c1OC. The number of aryl methyl sites for hydroxylation is 1. The number of rotatable bonds is 5. The van der Waals surface area contributed by atoms with Crippen LogP contribution in [0.25, 0.3) is 0 Å². The van der Waals surface area contributed by atoms with Crippen LogP contribution in [0.15, 0.2) is 12.1 Å². The Bertz CT molecular complexity index is 390. The molecule has 0 aliphatic heterocycles. The zero-order chi connectivity index (χ0) is 12.1. The molecular weight excluding hydrogens is 210 g/mol. The highest BCUT2D eigenvalue weighted by Crippen LogP contribution is 2.37. The summed E-state index contributed by atoms with van der Waals surface area (Å²) in [6.07, 6.45) is 0.693. The second-order valence-electron chi connectivity index (χ2n) is 3.32. The van der Waals surface area contributed by atoms with Crippen LogP contribution in [0.1, 0.15) is 12.0 Å². The number of aromatic hydroxyl groups is 1. The van der Waals surface area contributed by atoms with Crippen molar-refractivity contribution >= 4 is 5.91 Å². The summed E-state index contributed by atoms with van der Waals surface area (Å²) in [6.45, 7) is 0. The van der Waals surface area contributed by atoms with E-state index in [-0.39, 0.29) is 23.8 Å². The first-order chi connectivity index (χ1) is 7.58. The van der Waals surface area contributed by atoms with Gasteiger partial charge in [0, 0.05) is 6.42 Å². The normalized spacial score (nSPS) is 9.88. The van der Waals surface area contributed by atoms with Crippen molar-refractivity contribution in [3.8, 4) is 17.2 Å². The first kappa shape index (κ1) is 12.2. The number of phenolic OH excluding ortho intramolecular Hbond substituents is 1. The second-order valence-corrected chi connectivity index (χ2v) is 3.32. The van der Waals surface area contributed by atoms with E-state index < -0.39 is 0 Å². The largest absolute Gasteiger partial charge is 0.504 e. The smallest absolute Gasteiger partial charge is 0.217 e. The maximum atomic E-state index is 10.6. The van der Waals surface area contributed by atoms with Gasteiger partial charge in [-0.25, -0.2) is 0 Å². The van der Waals surface area contributed by atoms with Gasteiger partial charge in [0.05, 0.1) is 14.2 Å². The van der Waals surface area contributed by atoms with Crippen LogP contribution in [0.2, 0.25) is 0 Å². The summed E-state index contributed by atoms with van der Waals surface area (Å²) in [5, 5.41) is 9.65. The van der Waals surface area contributed by atoms with Crippen LogP contribution in [0.4, 0.5) is 0 Å². The van der Waals surface area contributed by atoms with Crippen LogP contribution >= 0.6 is 0 Å². The molecule has 0 radical (unpaired) electrons. The third-order valence-corrected chi connectivity index (χ3v) is 2.18. The quantitative estimate of drug-likeness (QED) is 0.777. The molecule has 0 unspecified atom stereocenters. The molecular formula is C11H15NO4. The van der Waals surface area contributed by atoms with E-state index in [9.17, 15) is 9.90 Å². The molecule has 5 heteroatoms. The third-order valence-electron chi connectivity index (χ3n) is 2.18. The lowest BCUT2D eigenvalue weighted by atomic mass is 10.1. The fraction of sp³-hybridized carbons (Fsp3) is 0.364. The minimum Gasteiger partial charge on any atom is -0.504 e. The number of nitrogens with two attached hydrogens (primary N) is 1. The molecule has 0 saturated heterocycles. The zero-order valence-corrected chi connectivity index (χ0v) is 9.32. The van der Waals surface area contributed by atoms with E-state index >= 15 is 0 Å². The molecule has 88 valence electrons. The van der Waals surface area contributed by atoms with Crippen LogP contribution in [-0.4, -0.2) is 25.2 Å². The molecule has 0 fully saturated rings. The molecule has 0 atom stereocenters. The molecule has 1 amide bonds. The van der Waals surface area contributed by atoms with E-state index in [1.807, 2.05) is 0 Å². The summed E-state index contributed by atoms with van der Waals surface area (Å²) >= 11 is 0. The van der Waals surface area contributed by atoms with Gasteiger partial charge >= 0.3 is 0 Å². The standard InChI is InChI=1S/C11H15NO4/c1-15-9-6-7(3-4-10(12)14)5-8(13)11(9)16-2/h5-6,13H,3-4H2,1-2H3,(H2,12,14). The van der Waals surface area contributed by atoms with Gasteiger partial charge in [0.2, 0.25) is 11.7 Å². The molecule has 0 heterocycles. The van der Waals surface area contributed by atoms with Gasteiger partial charge in [-0.3, -0.25) is 4.79 Å². The van der Waals surface area contributed by atoms with E-state index in [0.717, 1.165) is 5.56 Å². The van der Waals surface area contributed by atoms with Gasteiger partial charge in [-0.2, -0.15) is 0 Å². The van der Waals surface area contributed by atoms with E-state index in [4.69, 9.17) is 15.2 Å². The Kier molecular flexibility index (Phi) is 3.99. The van der Waals surface area contributed by atoms with E-state index in [1.165, 1.54) is 20.3 Å². The lowest BCUT2D eigenvalue weighted by molar-refractivity contribution is -0.117. The zero-order valence-electron chi connectivity index (χ0n) is 9.32. The predicted molar refractivity (Wildman–Crippen MR) is 58.7 cm³/mol. The molecule has 5 nitrogen and oxygen atoms in total. The Hall–Kier alpha value is -1.91. The number of primary amides is 1. The molecule has 0 bridgehead atoms. The summed E-state index contributed by atoms with van der Waals surface area (Å²) in [6, 6.07) is 3.24. The number of amides is 1. The molecule has 0 aromatic heterocycles. The number of hydrogen-bond donors (Lipinski definition) is 2. The number of methoxy groups -OCH3 is 2. The number of hydrogen-bond acceptors (Lipinski definition) is 4. The average Bonchev–Trinajstić information content (AvgIpc) is 2.25. The minimum atomic E-state index is -0.380. The highest BCUT2D eigenvalue weighted by Gasteiger charge is 2.11. The molecule has 16 heavy (non-hydrogen) atoms. The molecule has 1 aromatic carbocycles. The van der Waals surface area contributed by atoms with Crippen LogP contribution in [0.3, 0.4) is 0 Å². The van der Waals surface area contributed by atoms with Gasteiger partial charge in [0.1, 0.15) is 0 Å². The second kappa shape index (κ2) is 5.25. The fourth-order valence-corrected chi connectivity index (χ4v) is 1.41. The molecule has 1 aromatic rings. The molecule has 0 aliphatic rings. The van der Waals surface area contributed by atoms with Crippen molar-refractivity contribution in [1.82, 2.24) is 0 Å². The summed E-state index contributed by atoms with van der Waals surface area (Å²) in [5.41, 5.74) is 5.82. The van der Waals surface area contributed by atoms with E-state index in [1.54, 1.807) is 6.07 Å². The number of carbonyl (C=O) groups is 1. The number of ether oxygens (including phenoxy) is 2. The van der Waals surface area contributed by atoms with Gasteiger partial charge in [-0.05, 0) is 24.1 Å². The number of phenols is 1. The summed E-state index contributed by atoms with van der Waals surface area (Å²) in [7, 11) is 2.93. The summed E-state index contributed by atoms with van der Waals surface area (Å²) < 4.78 is 10.0. The average molecular weight is 225 g/mol. The lowest BCUT2D eigenvalue weighted by Crippen LogP contribution is -2.11. The first-order valence-corrected chi connectivity index (χ1v) is 4.80. The highest BCUT2D eigenvalue weighted by atomic mass is 16.5. The Morgan fingerprint density at radius 2 is 2.06 bits per heavy atom. The predicted octanol–water partition coefficient (Wildman–Crippen LogP) is 0.827. The summed E-state index contributed by atoms with van der Waals surface area (Å²) in [5.74, 6) is 0.322. The van der Waals surface area contributed by atoms with Crippen molar-refractivity contribution < 1.29 is 19.4 Å². The van der Waals surface area contributed by atoms with E-state index in [2.05, 4.69) is 0 Å². The lowest BCUT2D eigenvalue weighted by Gasteiger charge is -2.11. The Balaban J connectivity index is 2.96. The van der Waals surface area contributed by atoms with E-state index in [0.29, 0.717) is 12.2 Å². The monoisotopic (exact) mass is 225 g/mol. The Labute approximate surface area is 93.8 Å². The molecule has 3 N–H and O–H groups in total. The van der Waals surface area contributed by atoms with Gasteiger partial charge in [0.15, 0.2) is 11.5 Å². The minimum absolute atomic E-state index is 0.0127. The molecule has 0 aliphatic carbocycles. The Morgan fingerprint density at radius 1 is 1.38 bits per heavy atom.